The minimum Gasteiger partial charge on any atom is -0.460 e. The second kappa shape index (κ2) is 9.76. The molecule has 0 saturated heterocycles. The van der Waals surface area contributed by atoms with Crippen molar-refractivity contribution in [3.8, 4) is 16.8 Å². The number of benzene rings is 1. The molecular formula is C27H31N5O2S. The van der Waals surface area contributed by atoms with Gasteiger partial charge in [0, 0.05) is 21.6 Å². The summed E-state index contributed by atoms with van der Waals surface area (Å²) in [5.41, 5.74) is 4.40. The lowest BCUT2D eigenvalue weighted by Crippen LogP contribution is -2.25. The van der Waals surface area contributed by atoms with Crippen molar-refractivity contribution >= 4 is 23.0 Å². The first-order chi connectivity index (χ1) is 16.6. The molecule has 3 heterocycles. The summed E-state index contributed by atoms with van der Waals surface area (Å²) in [6.07, 6.45) is 0.0828. The molecule has 0 saturated carbocycles. The summed E-state index contributed by atoms with van der Waals surface area (Å²) in [5, 5.41) is 12.8. The first-order valence-electron chi connectivity index (χ1n) is 11.6. The van der Waals surface area contributed by atoms with Crippen LogP contribution in [0.1, 0.15) is 72.0 Å². The molecular weight excluding hydrogens is 458 g/mol. The lowest BCUT2D eigenvalue weighted by Gasteiger charge is -2.21. The van der Waals surface area contributed by atoms with E-state index in [9.17, 15) is 4.79 Å². The number of esters is 1. The highest BCUT2D eigenvalue weighted by Gasteiger charge is 2.33. The van der Waals surface area contributed by atoms with Gasteiger partial charge in [-0.15, -0.1) is 21.5 Å². The number of ether oxygens (including phenoxy) is 1. The number of carbonyl (C=O) groups is 1. The minimum absolute atomic E-state index is 0.0828. The molecule has 0 spiro atoms. The SMILES string of the molecule is CNCC#Cc1ccc(C2=N[C@@H](CC(=O)OC(C)(C)C)c3nnc(C)n3-c3sc(C)c(C)c32)cc1. The summed E-state index contributed by atoms with van der Waals surface area (Å²) in [5.74, 6) is 7.36. The first-order valence-corrected chi connectivity index (χ1v) is 12.5. The second-order valence-electron chi connectivity index (χ2n) is 9.60. The number of carbonyl (C=O) groups excluding carboxylic acids is 1. The maximum atomic E-state index is 12.8. The lowest BCUT2D eigenvalue weighted by atomic mass is 9.98. The quantitative estimate of drug-likeness (QED) is 0.433. The number of nitrogens with zero attached hydrogens (tertiary/aromatic N) is 4. The average Bonchev–Trinajstić information content (AvgIpc) is 3.25. The van der Waals surface area contributed by atoms with E-state index in [-0.39, 0.29) is 12.4 Å². The Balaban J connectivity index is 1.84. The normalized spacial score (nSPS) is 14.8. The zero-order valence-corrected chi connectivity index (χ0v) is 22.1. The summed E-state index contributed by atoms with van der Waals surface area (Å²) in [6, 6.07) is 7.59. The van der Waals surface area contributed by atoms with Gasteiger partial charge in [-0.25, -0.2) is 0 Å². The number of fused-ring (bicyclic) bond motifs is 3. The smallest absolute Gasteiger partial charge is 0.308 e. The Kier molecular flexibility index (Phi) is 6.93. The van der Waals surface area contributed by atoms with Gasteiger partial charge in [0.15, 0.2) is 5.82 Å². The van der Waals surface area contributed by atoms with Crippen molar-refractivity contribution < 1.29 is 9.53 Å². The molecule has 1 aromatic carbocycles. The molecule has 4 rings (SSSR count). The fraction of sp³-hybridized carbons (Fsp3) is 0.407. The van der Waals surface area contributed by atoms with E-state index in [1.54, 1.807) is 11.3 Å². The Morgan fingerprint density at radius 3 is 2.54 bits per heavy atom. The van der Waals surface area contributed by atoms with Gasteiger partial charge in [0.1, 0.15) is 22.5 Å². The summed E-state index contributed by atoms with van der Waals surface area (Å²) in [6.45, 7) is 12.4. The third-order valence-electron chi connectivity index (χ3n) is 5.68. The minimum atomic E-state index is -0.575. The van der Waals surface area contributed by atoms with Gasteiger partial charge in [-0.05, 0) is 66.3 Å². The van der Waals surface area contributed by atoms with Gasteiger partial charge in [0.2, 0.25) is 0 Å². The number of hydrogen-bond donors (Lipinski definition) is 1. The summed E-state index contributed by atoms with van der Waals surface area (Å²) in [4.78, 5) is 19.2. The van der Waals surface area contributed by atoms with Gasteiger partial charge >= 0.3 is 5.97 Å². The molecule has 8 heteroatoms. The summed E-state index contributed by atoms with van der Waals surface area (Å²) < 4.78 is 7.67. The highest BCUT2D eigenvalue weighted by Crippen LogP contribution is 2.39. The highest BCUT2D eigenvalue weighted by atomic mass is 32.1. The van der Waals surface area contributed by atoms with Crippen LogP contribution in [-0.4, -0.2) is 45.6 Å². The zero-order valence-electron chi connectivity index (χ0n) is 21.3. The fourth-order valence-electron chi connectivity index (χ4n) is 4.01. The van der Waals surface area contributed by atoms with Crippen molar-refractivity contribution in [2.45, 2.75) is 59.6 Å². The van der Waals surface area contributed by atoms with Gasteiger partial charge in [0.25, 0.3) is 0 Å². The molecule has 1 aliphatic heterocycles. The number of aryl methyl sites for hydroxylation is 2. The standard InChI is InChI=1S/C27H31N5O2S/c1-16-17(2)35-26-23(16)24(20-12-10-19(11-13-20)9-8-14-28-7)29-21(15-22(33)34-27(4,5)6)25-31-30-18(3)32(25)26/h10-13,21,28H,14-15H2,1-7H3/t21-/m0/s1. The molecule has 1 N–H and O–H groups in total. The first kappa shape index (κ1) is 24.8. The molecule has 0 radical (unpaired) electrons. The Morgan fingerprint density at radius 2 is 1.89 bits per heavy atom. The molecule has 0 bridgehead atoms. The van der Waals surface area contributed by atoms with Crippen LogP contribution in [0, 0.1) is 32.6 Å². The van der Waals surface area contributed by atoms with E-state index >= 15 is 0 Å². The van der Waals surface area contributed by atoms with Crippen LogP contribution in [0.2, 0.25) is 0 Å². The Hall–Kier alpha value is -3.28. The largest absolute Gasteiger partial charge is 0.460 e. The molecule has 7 nitrogen and oxygen atoms in total. The predicted molar refractivity (Wildman–Crippen MR) is 140 cm³/mol. The topological polar surface area (TPSA) is 81.4 Å². The van der Waals surface area contributed by atoms with E-state index in [0.717, 1.165) is 33.2 Å². The van der Waals surface area contributed by atoms with Crippen LogP contribution in [0.5, 0.6) is 0 Å². The summed E-state index contributed by atoms with van der Waals surface area (Å²) >= 11 is 1.69. The van der Waals surface area contributed by atoms with E-state index in [1.807, 2.05) is 63.6 Å². The van der Waals surface area contributed by atoms with E-state index in [4.69, 9.17) is 9.73 Å². The lowest BCUT2D eigenvalue weighted by molar-refractivity contribution is -0.155. The zero-order chi connectivity index (χ0) is 25.3. The van der Waals surface area contributed by atoms with Crippen LogP contribution < -0.4 is 5.32 Å². The van der Waals surface area contributed by atoms with Crippen LogP contribution in [0.15, 0.2) is 29.3 Å². The van der Waals surface area contributed by atoms with E-state index in [0.29, 0.717) is 12.4 Å². The Labute approximate surface area is 210 Å². The van der Waals surface area contributed by atoms with Crippen LogP contribution in [0.4, 0.5) is 0 Å². The van der Waals surface area contributed by atoms with Crippen LogP contribution in [-0.2, 0) is 9.53 Å². The van der Waals surface area contributed by atoms with E-state index in [1.165, 1.54) is 10.4 Å². The summed E-state index contributed by atoms with van der Waals surface area (Å²) in [7, 11) is 1.88. The number of aromatic nitrogens is 3. The van der Waals surface area contributed by atoms with Gasteiger partial charge < -0.3 is 10.1 Å². The molecule has 3 aromatic rings. The van der Waals surface area contributed by atoms with Gasteiger partial charge in [0.05, 0.1) is 18.7 Å². The maximum Gasteiger partial charge on any atom is 0.308 e. The third-order valence-corrected chi connectivity index (χ3v) is 6.87. The van der Waals surface area contributed by atoms with Crippen LogP contribution >= 0.6 is 11.3 Å². The molecule has 2 aromatic heterocycles. The number of thiophene rings is 1. The molecule has 0 fully saturated rings. The van der Waals surface area contributed by atoms with Crippen molar-refractivity contribution in [1.82, 2.24) is 20.1 Å². The highest BCUT2D eigenvalue weighted by molar-refractivity contribution is 7.15. The molecule has 0 amide bonds. The second-order valence-corrected chi connectivity index (χ2v) is 10.8. The molecule has 182 valence electrons. The Bertz CT molecular complexity index is 1350. The number of aliphatic imine (C=N–C) groups is 1. The fourth-order valence-corrected chi connectivity index (χ4v) is 5.23. The van der Waals surface area contributed by atoms with Gasteiger partial charge in [-0.2, -0.15) is 0 Å². The van der Waals surface area contributed by atoms with Gasteiger partial charge in [-0.3, -0.25) is 14.4 Å². The Morgan fingerprint density at radius 1 is 1.17 bits per heavy atom. The van der Waals surface area contributed by atoms with Crippen molar-refractivity contribution in [3.63, 3.8) is 0 Å². The van der Waals surface area contributed by atoms with E-state index < -0.39 is 11.6 Å². The molecule has 1 atom stereocenters. The molecule has 0 unspecified atom stereocenters. The molecule has 0 aliphatic carbocycles. The van der Waals surface area contributed by atoms with Crippen molar-refractivity contribution in [3.05, 3.63) is 63.0 Å². The van der Waals surface area contributed by atoms with Crippen molar-refractivity contribution in [2.75, 3.05) is 13.6 Å². The van der Waals surface area contributed by atoms with Crippen LogP contribution in [0.25, 0.3) is 5.00 Å². The van der Waals surface area contributed by atoms with E-state index in [2.05, 4.69) is 41.2 Å². The van der Waals surface area contributed by atoms with Crippen molar-refractivity contribution in [1.29, 1.82) is 0 Å². The monoisotopic (exact) mass is 489 g/mol. The average molecular weight is 490 g/mol. The number of nitrogens with one attached hydrogen (secondary N) is 1. The van der Waals surface area contributed by atoms with Crippen LogP contribution in [0.3, 0.4) is 0 Å². The predicted octanol–water partition coefficient (Wildman–Crippen LogP) is 4.45. The third kappa shape index (κ3) is 5.21. The molecule has 35 heavy (non-hydrogen) atoms. The molecule has 1 aliphatic rings. The van der Waals surface area contributed by atoms with Crippen molar-refractivity contribution in [2.24, 2.45) is 4.99 Å². The number of hydrogen-bond acceptors (Lipinski definition) is 7. The van der Waals surface area contributed by atoms with Gasteiger partial charge in [-0.1, -0.05) is 24.0 Å². The number of rotatable bonds is 4. The maximum absolute atomic E-state index is 12.8.